The molecule has 0 saturated carbocycles. The third-order valence-corrected chi connectivity index (χ3v) is 13.6. The average Bonchev–Trinajstić information content (AvgIpc) is 3.34. The van der Waals surface area contributed by atoms with Crippen molar-refractivity contribution in [1.29, 1.82) is 0 Å². The van der Waals surface area contributed by atoms with Gasteiger partial charge < -0.3 is 20.3 Å². The maximum Gasteiger partial charge on any atom is 0.305 e. The number of hydrogen-bond acceptors (Lipinski definition) is 5. The molecule has 2 atom stereocenters. The van der Waals surface area contributed by atoms with Crippen LogP contribution in [0.1, 0.15) is 309 Å². The van der Waals surface area contributed by atoms with Crippen molar-refractivity contribution < 1.29 is 24.5 Å². The van der Waals surface area contributed by atoms with E-state index in [-0.39, 0.29) is 18.5 Å². The van der Waals surface area contributed by atoms with E-state index < -0.39 is 12.1 Å². The summed E-state index contributed by atoms with van der Waals surface area (Å²) >= 11 is 0. The fourth-order valence-electron chi connectivity index (χ4n) is 9.02. The number of nitrogens with one attached hydrogen (secondary N) is 1. The predicted molar refractivity (Wildman–Crippen MR) is 296 cm³/mol. The highest BCUT2D eigenvalue weighted by atomic mass is 16.5. The number of carbonyl (C=O) groups is 2. The van der Waals surface area contributed by atoms with Gasteiger partial charge in [0.15, 0.2) is 0 Å². The number of esters is 1. The highest BCUT2D eigenvalue weighted by Gasteiger charge is 2.20. The molecule has 0 aromatic heterocycles. The van der Waals surface area contributed by atoms with Crippen LogP contribution < -0.4 is 5.32 Å². The Morgan fingerprint density at radius 2 is 0.809 bits per heavy atom. The van der Waals surface area contributed by atoms with Gasteiger partial charge in [0.25, 0.3) is 0 Å². The minimum atomic E-state index is -0.681. The van der Waals surface area contributed by atoms with Crippen molar-refractivity contribution in [2.75, 3.05) is 13.2 Å². The number of unbranched alkanes of at least 4 members (excludes halogenated alkanes) is 37. The first-order chi connectivity index (χ1) is 33.5. The van der Waals surface area contributed by atoms with E-state index in [1.54, 1.807) is 0 Å². The van der Waals surface area contributed by atoms with Gasteiger partial charge in [-0.3, -0.25) is 9.59 Å². The molecule has 3 N–H and O–H groups in total. The van der Waals surface area contributed by atoms with Crippen molar-refractivity contribution in [3.63, 3.8) is 0 Å². The second-order valence-corrected chi connectivity index (χ2v) is 20.4. The van der Waals surface area contributed by atoms with Gasteiger partial charge in [0.2, 0.25) is 5.91 Å². The summed E-state index contributed by atoms with van der Waals surface area (Å²) in [6.45, 7) is 4.84. The molecule has 0 aromatic carbocycles. The number of carbonyl (C=O) groups excluding carboxylic acids is 2. The molecule has 0 radical (unpaired) electrons. The molecule has 0 heterocycles. The third-order valence-electron chi connectivity index (χ3n) is 13.6. The standard InChI is InChI=1S/C62H115NO5/c1-3-5-7-9-11-13-15-17-18-19-20-21-22-23-24-25-27-31-34-38-42-46-50-54-60(65)59(58-64)63-61(66)55-51-47-43-39-35-32-28-26-29-33-37-41-45-49-53-57-68-62(67)56-52-48-44-40-36-30-16-14-12-10-8-6-4-2/h8,10,14,16,26,29,33,37,59-60,64-65H,3-7,9,11-13,15,17-25,27-28,30-32,34-36,38-58H2,1-2H3,(H,63,66)/b10-8-,16-14-,29-26-,37-33-. The summed E-state index contributed by atoms with van der Waals surface area (Å²) in [6, 6.07) is -0.561. The van der Waals surface area contributed by atoms with Crippen LogP contribution in [0.3, 0.4) is 0 Å². The second-order valence-electron chi connectivity index (χ2n) is 20.4. The van der Waals surface area contributed by atoms with E-state index in [0.29, 0.717) is 25.9 Å². The monoisotopic (exact) mass is 954 g/mol. The Morgan fingerprint density at radius 1 is 0.426 bits per heavy atom. The average molecular weight is 955 g/mol. The topological polar surface area (TPSA) is 95.9 Å². The Kier molecular flexibility index (Phi) is 55.6. The Labute approximate surface area is 423 Å². The summed E-state index contributed by atoms with van der Waals surface area (Å²) in [7, 11) is 0. The van der Waals surface area contributed by atoms with Crippen LogP contribution in [0.2, 0.25) is 0 Å². The maximum absolute atomic E-state index is 12.5. The van der Waals surface area contributed by atoms with Crippen molar-refractivity contribution in [2.24, 2.45) is 0 Å². The largest absolute Gasteiger partial charge is 0.466 e. The molecule has 0 rings (SSSR count). The highest BCUT2D eigenvalue weighted by molar-refractivity contribution is 5.76. The number of aliphatic hydroxyl groups excluding tert-OH is 2. The first-order valence-electron chi connectivity index (χ1n) is 29.9. The first-order valence-corrected chi connectivity index (χ1v) is 29.9. The highest BCUT2D eigenvalue weighted by Crippen LogP contribution is 2.17. The minimum absolute atomic E-state index is 0.0370. The molecule has 0 bridgehead atoms. The van der Waals surface area contributed by atoms with Crippen molar-refractivity contribution in [1.82, 2.24) is 5.32 Å². The van der Waals surface area contributed by atoms with Gasteiger partial charge in [0.05, 0.1) is 25.4 Å². The number of ether oxygens (including phenoxy) is 1. The molecule has 0 aliphatic heterocycles. The van der Waals surface area contributed by atoms with Crippen LogP contribution in [0.15, 0.2) is 48.6 Å². The van der Waals surface area contributed by atoms with E-state index in [0.717, 1.165) is 89.9 Å². The molecule has 0 saturated heterocycles. The fraction of sp³-hybridized carbons (Fsp3) is 0.839. The van der Waals surface area contributed by atoms with Gasteiger partial charge in [-0.1, -0.05) is 262 Å². The summed E-state index contributed by atoms with van der Waals surface area (Å²) in [5.74, 6) is -0.0932. The molecule has 6 nitrogen and oxygen atoms in total. The van der Waals surface area contributed by atoms with E-state index in [2.05, 4.69) is 67.8 Å². The number of rotatable bonds is 55. The van der Waals surface area contributed by atoms with Gasteiger partial charge in [-0.25, -0.2) is 0 Å². The van der Waals surface area contributed by atoms with Crippen molar-refractivity contribution in [2.45, 2.75) is 321 Å². The lowest BCUT2D eigenvalue weighted by Crippen LogP contribution is -2.45. The van der Waals surface area contributed by atoms with Gasteiger partial charge in [-0.2, -0.15) is 0 Å². The molecular weight excluding hydrogens is 839 g/mol. The van der Waals surface area contributed by atoms with E-state index in [9.17, 15) is 19.8 Å². The predicted octanol–water partition coefficient (Wildman–Crippen LogP) is 18.6. The molecule has 68 heavy (non-hydrogen) atoms. The quantitative estimate of drug-likeness (QED) is 0.0244. The Morgan fingerprint density at radius 3 is 1.26 bits per heavy atom. The molecule has 398 valence electrons. The normalized spacial score (nSPS) is 12.9. The zero-order valence-corrected chi connectivity index (χ0v) is 45.3. The van der Waals surface area contributed by atoms with Gasteiger partial charge in [0.1, 0.15) is 0 Å². The third kappa shape index (κ3) is 53.2. The van der Waals surface area contributed by atoms with Crippen molar-refractivity contribution in [3.05, 3.63) is 48.6 Å². The molecule has 0 aliphatic carbocycles. The smallest absolute Gasteiger partial charge is 0.305 e. The molecule has 0 spiro atoms. The summed E-state index contributed by atoms with van der Waals surface area (Å²) in [4.78, 5) is 24.5. The molecule has 0 aromatic rings. The van der Waals surface area contributed by atoms with Crippen LogP contribution in [0.25, 0.3) is 0 Å². The summed E-state index contributed by atoms with van der Waals surface area (Å²) in [5, 5.41) is 23.3. The molecule has 0 aliphatic rings. The van der Waals surface area contributed by atoms with Gasteiger partial charge in [-0.15, -0.1) is 0 Å². The van der Waals surface area contributed by atoms with E-state index in [4.69, 9.17) is 4.74 Å². The zero-order valence-electron chi connectivity index (χ0n) is 45.3. The van der Waals surface area contributed by atoms with Crippen molar-refractivity contribution in [3.8, 4) is 0 Å². The van der Waals surface area contributed by atoms with Gasteiger partial charge >= 0.3 is 5.97 Å². The Bertz CT molecular complexity index is 1150. The van der Waals surface area contributed by atoms with Crippen molar-refractivity contribution >= 4 is 11.9 Å². The SMILES string of the molecule is CCC/C=C\C/C=C\CCCCCCCC(=O)OCCCCC/C=C\C=C/CCCCCCCCC(=O)NC(CO)C(O)CCCCCCCCCCCCCCCCCCCCCCCCC. The molecule has 6 heteroatoms. The van der Waals surface area contributed by atoms with E-state index in [1.165, 1.54) is 186 Å². The molecule has 2 unspecified atom stereocenters. The van der Waals surface area contributed by atoms with Gasteiger partial charge in [0, 0.05) is 12.8 Å². The molecule has 0 fully saturated rings. The van der Waals surface area contributed by atoms with Crippen LogP contribution in [0, 0.1) is 0 Å². The Hall–Kier alpha value is -2.18. The maximum atomic E-state index is 12.5. The summed E-state index contributed by atoms with van der Waals surface area (Å²) < 4.78 is 5.43. The van der Waals surface area contributed by atoms with Crippen LogP contribution in [0.5, 0.6) is 0 Å². The number of hydrogen-bond donors (Lipinski definition) is 3. The lowest BCUT2D eigenvalue weighted by Gasteiger charge is -2.22. The zero-order chi connectivity index (χ0) is 49.3. The number of allylic oxidation sites excluding steroid dienone is 8. The molecular formula is C62H115NO5. The van der Waals surface area contributed by atoms with E-state index >= 15 is 0 Å². The second kappa shape index (κ2) is 57.4. The Balaban J connectivity index is 3.52. The van der Waals surface area contributed by atoms with Crippen LogP contribution in [-0.2, 0) is 14.3 Å². The molecule has 1 amide bonds. The first kappa shape index (κ1) is 65.8. The van der Waals surface area contributed by atoms with Crippen LogP contribution >= 0.6 is 0 Å². The van der Waals surface area contributed by atoms with Gasteiger partial charge in [-0.05, 0) is 83.5 Å². The summed E-state index contributed by atoms with van der Waals surface area (Å²) in [6.07, 6.45) is 72.5. The fourth-order valence-corrected chi connectivity index (χ4v) is 9.02. The lowest BCUT2D eigenvalue weighted by atomic mass is 10.0. The summed E-state index contributed by atoms with van der Waals surface area (Å²) in [5.41, 5.74) is 0. The number of aliphatic hydroxyl groups is 2. The number of amides is 1. The minimum Gasteiger partial charge on any atom is -0.466 e. The lowest BCUT2D eigenvalue weighted by molar-refractivity contribution is -0.143. The van der Waals surface area contributed by atoms with Crippen LogP contribution in [-0.4, -0.2) is 47.4 Å². The van der Waals surface area contributed by atoms with E-state index in [1.807, 2.05) is 0 Å². The van der Waals surface area contributed by atoms with Crippen LogP contribution in [0.4, 0.5) is 0 Å².